The summed E-state index contributed by atoms with van der Waals surface area (Å²) in [6.45, 7) is 1.69. The summed E-state index contributed by atoms with van der Waals surface area (Å²) in [5.41, 5.74) is 0. The molecular weight excluding hydrogens is 278 g/mol. The zero-order chi connectivity index (χ0) is 14.9. The molecular formula is C16H25N5O. The highest BCUT2D eigenvalue weighted by Crippen LogP contribution is 2.34. The lowest BCUT2D eigenvalue weighted by molar-refractivity contribution is -0.134. The van der Waals surface area contributed by atoms with Crippen LogP contribution in [0.4, 0.5) is 0 Å². The number of carbonyl (C=O) groups is 1. The molecule has 3 atom stereocenters. The highest BCUT2D eigenvalue weighted by molar-refractivity contribution is 5.82. The number of hydrogen-bond acceptors (Lipinski definition) is 4. The number of rotatable bonds is 2. The van der Waals surface area contributed by atoms with E-state index >= 15 is 0 Å². The van der Waals surface area contributed by atoms with Crippen molar-refractivity contribution in [1.29, 1.82) is 0 Å². The van der Waals surface area contributed by atoms with Gasteiger partial charge < -0.3 is 10.2 Å². The molecule has 4 rings (SSSR count). The van der Waals surface area contributed by atoms with Crippen molar-refractivity contribution in [1.82, 2.24) is 25.0 Å². The van der Waals surface area contributed by atoms with Crippen LogP contribution in [0.1, 0.15) is 51.0 Å². The summed E-state index contributed by atoms with van der Waals surface area (Å²) < 4.78 is 1.93. The Balaban J connectivity index is 1.32. The van der Waals surface area contributed by atoms with Crippen LogP contribution >= 0.6 is 0 Å². The van der Waals surface area contributed by atoms with Crippen LogP contribution < -0.4 is 5.32 Å². The number of piperidine rings is 1. The van der Waals surface area contributed by atoms with Gasteiger partial charge in [-0.3, -0.25) is 4.79 Å². The Hall–Kier alpha value is -1.43. The smallest absolute Gasteiger partial charge is 0.239 e. The molecule has 1 aromatic heterocycles. The molecule has 6 heteroatoms. The van der Waals surface area contributed by atoms with Crippen molar-refractivity contribution in [2.45, 2.75) is 63.1 Å². The average Bonchev–Trinajstić information content (AvgIpc) is 3.23. The van der Waals surface area contributed by atoms with Crippen LogP contribution in [0.25, 0.3) is 0 Å². The summed E-state index contributed by atoms with van der Waals surface area (Å²) in [5.74, 6) is 1.06. The lowest BCUT2D eigenvalue weighted by Crippen LogP contribution is -2.48. The van der Waals surface area contributed by atoms with Gasteiger partial charge >= 0.3 is 0 Å². The van der Waals surface area contributed by atoms with E-state index in [2.05, 4.69) is 20.3 Å². The number of aromatic nitrogens is 3. The summed E-state index contributed by atoms with van der Waals surface area (Å²) in [6.07, 6.45) is 11.6. The minimum absolute atomic E-state index is 0.0658. The van der Waals surface area contributed by atoms with Crippen molar-refractivity contribution < 1.29 is 4.79 Å². The van der Waals surface area contributed by atoms with E-state index < -0.39 is 0 Å². The second kappa shape index (κ2) is 5.99. The molecule has 0 radical (unpaired) electrons. The van der Waals surface area contributed by atoms with Crippen LogP contribution in [-0.4, -0.2) is 50.7 Å². The van der Waals surface area contributed by atoms with Crippen molar-refractivity contribution in [3.05, 3.63) is 12.7 Å². The monoisotopic (exact) mass is 303 g/mol. The maximum atomic E-state index is 12.8. The Bertz CT molecular complexity index is 495. The van der Waals surface area contributed by atoms with E-state index in [1.54, 1.807) is 12.7 Å². The molecule has 3 heterocycles. The van der Waals surface area contributed by atoms with Crippen LogP contribution in [0.5, 0.6) is 0 Å². The van der Waals surface area contributed by atoms with E-state index in [0.29, 0.717) is 18.0 Å². The van der Waals surface area contributed by atoms with E-state index in [0.717, 1.165) is 38.3 Å². The third kappa shape index (κ3) is 2.64. The molecule has 1 aromatic rings. The SMILES string of the molecule is O=C([C@@H]1C[C@@H]2CCCC[C@H]2N1)N1CCC(n2cncn2)CC1. The fourth-order valence-corrected chi connectivity index (χ4v) is 4.49. The second-order valence-electron chi connectivity index (χ2n) is 7.04. The fraction of sp³-hybridized carbons (Fsp3) is 0.812. The van der Waals surface area contributed by atoms with Crippen LogP contribution in [0.15, 0.2) is 12.7 Å². The quantitative estimate of drug-likeness (QED) is 0.896. The molecule has 3 aliphatic rings. The number of carbonyl (C=O) groups excluding carboxylic acids is 1. The predicted octanol–water partition coefficient (Wildman–Crippen LogP) is 1.36. The van der Waals surface area contributed by atoms with Gasteiger partial charge in [-0.25, -0.2) is 9.67 Å². The van der Waals surface area contributed by atoms with Crippen molar-refractivity contribution in [2.75, 3.05) is 13.1 Å². The maximum Gasteiger partial charge on any atom is 0.239 e. The Morgan fingerprint density at radius 1 is 1.14 bits per heavy atom. The lowest BCUT2D eigenvalue weighted by Gasteiger charge is -2.33. The first-order valence-electron chi connectivity index (χ1n) is 8.70. The molecule has 1 saturated carbocycles. The molecule has 0 spiro atoms. The topological polar surface area (TPSA) is 63.1 Å². The number of fused-ring (bicyclic) bond motifs is 1. The summed E-state index contributed by atoms with van der Waals surface area (Å²) in [4.78, 5) is 18.8. The normalized spacial score (nSPS) is 32.9. The van der Waals surface area contributed by atoms with Crippen molar-refractivity contribution in [3.63, 3.8) is 0 Å². The molecule has 6 nitrogen and oxygen atoms in total. The first-order chi connectivity index (χ1) is 10.8. The molecule has 1 N–H and O–H groups in total. The zero-order valence-electron chi connectivity index (χ0n) is 13.0. The standard InChI is InChI=1S/C16H25N5O/c22-16(15-9-12-3-1-2-4-14(12)19-15)20-7-5-13(6-8-20)21-11-17-10-18-21/h10-15,19H,1-9H2/t12-,14+,15-/m0/s1. The third-order valence-corrected chi connectivity index (χ3v) is 5.75. The fourth-order valence-electron chi connectivity index (χ4n) is 4.49. The minimum Gasteiger partial charge on any atom is -0.341 e. The zero-order valence-corrected chi connectivity index (χ0v) is 13.0. The number of likely N-dealkylation sites (tertiary alicyclic amines) is 1. The van der Waals surface area contributed by atoms with E-state index in [9.17, 15) is 4.79 Å². The van der Waals surface area contributed by atoms with E-state index in [1.165, 1.54) is 25.7 Å². The Labute approximate surface area is 131 Å². The molecule has 2 saturated heterocycles. The molecule has 0 bridgehead atoms. The number of nitrogens with zero attached hydrogens (tertiary/aromatic N) is 4. The summed E-state index contributed by atoms with van der Waals surface area (Å²) in [6, 6.07) is 1.05. The maximum absolute atomic E-state index is 12.8. The summed E-state index contributed by atoms with van der Waals surface area (Å²) in [5, 5.41) is 7.84. The molecule has 2 aliphatic heterocycles. The summed E-state index contributed by atoms with van der Waals surface area (Å²) in [7, 11) is 0. The molecule has 120 valence electrons. The van der Waals surface area contributed by atoms with E-state index in [1.807, 2.05) is 4.68 Å². The Morgan fingerprint density at radius 2 is 1.95 bits per heavy atom. The van der Waals surface area contributed by atoms with Crippen LogP contribution in [0.2, 0.25) is 0 Å². The Morgan fingerprint density at radius 3 is 2.68 bits per heavy atom. The van der Waals surface area contributed by atoms with Crippen molar-refractivity contribution in [2.24, 2.45) is 5.92 Å². The molecule has 22 heavy (non-hydrogen) atoms. The summed E-state index contributed by atoms with van der Waals surface area (Å²) >= 11 is 0. The molecule has 3 fully saturated rings. The van der Waals surface area contributed by atoms with E-state index in [-0.39, 0.29) is 6.04 Å². The minimum atomic E-state index is 0.0658. The first-order valence-corrected chi connectivity index (χ1v) is 8.70. The van der Waals surface area contributed by atoms with Crippen molar-refractivity contribution in [3.8, 4) is 0 Å². The average molecular weight is 303 g/mol. The van der Waals surface area contributed by atoms with Gasteiger partial charge in [0.15, 0.2) is 0 Å². The third-order valence-electron chi connectivity index (χ3n) is 5.75. The van der Waals surface area contributed by atoms with Gasteiger partial charge in [0, 0.05) is 19.1 Å². The van der Waals surface area contributed by atoms with Crippen LogP contribution in [0.3, 0.4) is 0 Å². The van der Waals surface area contributed by atoms with Gasteiger partial charge in [0.05, 0.1) is 12.1 Å². The largest absolute Gasteiger partial charge is 0.341 e. The molecule has 0 aromatic carbocycles. The lowest BCUT2D eigenvalue weighted by atomic mass is 9.85. The van der Waals surface area contributed by atoms with Crippen LogP contribution in [-0.2, 0) is 4.79 Å². The molecule has 1 aliphatic carbocycles. The molecule has 1 amide bonds. The highest BCUT2D eigenvalue weighted by atomic mass is 16.2. The number of nitrogens with one attached hydrogen (secondary N) is 1. The van der Waals surface area contributed by atoms with Gasteiger partial charge in [0.25, 0.3) is 0 Å². The van der Waals surface area contributed by atoms with Crippen LogP contribution in [0, 0.1) is 5.92 Å². The van der Waals surface area contributed by atoms with Crippen molar-refractivity contribution >= 4 is 5.91 Å². The highest BCUT2D eigenvalue weighted by Gasteiger charge is 2.40. The predicted molar refractivity (Wildman–Crippen MR) is 82.2 cm³/mol. The van der Waals surface area contributed by atoms with Gasteiger partial charge in [-0.05, 0) is 38.0 Å². The first kappa shape index (κ1) is 14.2. The number of hydrogen-bond donors (Lipinski definition) is 1. The van der Waals surface area contributed by atoms with Gasteiger partial charge in [-0.2, -0.15) is 5.10 Å². The van der Waals surface area contributed by atoms with Gasteiger partial charge in [-0.1, -0.05) is 12.8 Å². The Kier molecular flexibility index (Phi) is 3.86. The molecule has 0 unspecified atom stereocenters. The second-order valence-corrected chi connectivity index (χ2v) is 7.04. The van der Waals surface area contributed by atoms with E-state index in [4.69, 9.17) is 0 Å². The van der Waals surface area contributed by atoms with Gasteiger partial charge in [-0.15, -0.1) is 0 Å². The number of amides is 1. The van der Waals surface area contributed by atoms with Gasteiger partial charge in [0.1, 0.15) is 12.7 Å². The van der Waals surface area contributed by atoms with Gasteiger partial charge in [0.2, 0.25) is 5.91 Å².